The molecule has 0 radical (unpaired) electrons. The topological polar surface area (TPSA) is 28.0 Å². The lowest BCUT2D eigenvalue weighted by Crippen LogP contribution is -2.16. The molecule has 138 valence electrons. The molecule has 0 spiro atoms. The summed E-state index contributed by atoms with van der Waals surface area (Å²) in [6.07, 6.45) is 0. The van der Waals surface area contributed by atoms with E-state index in [0.29, 0.717) is 0 Å². The third-order valence-electron chi connectivity index (χ3n) is 4.47. The summed E-state index contributed by atoms with van der Waals surface area (Å²) in [4.78, 5) is 0. The van der Waals surface area contributed by atoms with Crippen molar-refractivity contribution in [1.82, 2.24) is 5.01 Å². The highest BCUT2D eigenvalue weighted by atomic mass is 28.3. The molecule has 0 aliphatic carbocycles. The van der Waals surface area contributed by atoms with Gasteiger partial charge in [-0.2, -0.15) is 0 Å². The zero-order valence-electron chi connectivity index (χ0n) is 16.9. The van der Waals surface area contributed by atoms with Crippen molar-refractivity contribution in [2.45, 2.75) is 33.5 Å². The van der Waals surface area contributed by atoms with Crippen LogP contribution >= 0.6 is 0 Å². The molecular weight excluding hydrogens is 346 g/mol. The molecular formula is C23H27N3Si. The SMILES string of the molecule is CCN(CC)N=Nc1c(C#C[Si](C)(C)C)c2ccccc2c2ccccc12. The van der Waals surface area contributed by atoms with E-state index in [1.165, 1.54) is 10.8 Å². The summed E-state index contributed by atoms with van der Waals surface area (Å²) in [6, 6.07) is 16.9. The summed E-state index contributed by atoms with van der Waals surface area (Å²) >= 11 is 0. The largest absolute Gasteiger partial charge is 0.279 e. The number of rotatable bonds is 4. The van der Waals surface area contributed by atoms with E-state index in [9.17, 15) is 0 Å². The fourth-order valence-corrected chi connectivity index (χ4v) is 3.56. The Hall–Kier alpha value is -2.64. The van der Waals surface area contributed by atoms with Crippen molar-refractivity contribution < 1.29 is 0 Å². The fraction of sp³-hybridized carbons (Fsp3) is 0.304. The van der Waals surface area contributed by atoms with Crippen LogP contribution in [0.2, 0.25) is 19.6 Å². The minimum Gasteiger partial charge on any atom is -0.279 e. The molecule has 0 saturated carbocycles. The maximum Gasteiger partial charge on any atom is 0.129 e. The van der Waals surface area contributed by atoms with E-state index >= 15 is 0 Å². The number of hydrogen-bond donors (Lipinski definition) is 0. The van der Waals surface area contributed by atoms with Gasteiger partial charge >= 0.3 is 0 Å². The van der Waals surface area contributed by atoms with E-state index in [-0.39, 0.29) is 0 Å². The lowest BCUT2D eigenvalue weighted by Gasteiger charge is -2.14. The normalized spacial score (nSPS) is 11.7. The number of hydrogen-bond acceptors (Lipinski definition) is 2. The predicted octanol–water partition coefficient (Wildman–Crippen LogP) is 6.56. The van der Waals surface area contributed by atoms with Gasteiger partial charge in [0, 0.05) is 23.9 Å². The molecule has 3 rings (SSSR count). The average molecular weight is 374 g/mol. The van der Waals surface area contributed by atoms with E-state index in [1.807, 2.05) is 5.01 Å². The monoisotopic (exact) mass is 373 g/mol. The van der Waals surface area contributed by atoms with Gasteiger partial charge < -0.3 is 0 Å². The van der Waals surface area contributed by atoms with Crippen molar-refractivity contribution >= 4 is 35.3 Å². The molecule has 0 amide bonds. The first-order chi connectivity index (χ1) is 12.9. The van der Waals surface area contributed by atoms with Crippen LogP contribution in [-0.2, 0) is 0 Å². The molecule has 0 fully saturated rings. The summed E-state index contributed by atoms with van der Waals surface area (Å²) in [6.45, 7) is 12.6. The van der Waals surface area contributed by atoms with Gasteiger partial charge in [-0.3, -0.25) is 5.01 Å². The molecule has 0 aromatic heterocycles. The van der Waals surface area contributed by atoms with Crippen LogP contribution < -0.4 is 0 Å². The Morgan fingerprint density at radius 2 is 1.33 bits per heavy atom. The highest BCUT2D eigenvalue weighted by Gasteiger charge is 2.14. The van der Waals surface area contributed by atoms with E-state index < -0.39 is 8.07 Å². The van der Waals surface area contributed by atoms with Crippen LogP contribution in [0.15, 0.2) is 58.9 Å². The molecule has 0 aliphatic rings. The molecule has 4 heteroatoms. The third-order valence-corrected chi connectivity index (χ3v) is 5.34. The Morgan fingerprint density at radius 1 is 0.815 bits per heavy atom. The predicted molar refractivity (Wildman–Crippen MR) is 119 cm³/mol. The standard InChI is InChI=1S/C23H27N3Si/c1-6-26(7-2)25-24-23-21-15-11-10-13-19(21)18-12-8-9-14-20(18)22(23)16-17-27(3,4)5/h8-15H,6-7H2,1-5H3. The van der Waals surface area contributed by atoms with Gasteiger partial charge in [-0.25, -0.2) is 0 Å². The Morgan fingerprint density at radius 3 is 1.89 bits per heavy atom. The molecule has 0 N–H and O–H groups in total. The van der Waals surface area contributed by atoms with Gasteiger partial charge in [-0.05, 0) is 24.6 Å². The van der Waals surface area contributed by atoms with Crippen LogP contribution in [0, 0.1) is 11.5 Å². The summed E-state index contributed by atoms with van der Waals surface area (Å²) < 4.78 is 0. The van der Waals surface area contributed by atoms with Crippen LogP contribution in [-0.4, -0.2) is 26.2 Å². The Balaban J connectivity index is 2.39. The maximum atomic E-state index is 4.69. The van der Waals surface area contributed by atoms with Crippen molar-refractivity contribution in [3.63, 3.8) is 0 Å². The minimum atomic E-state index is -1.52. The summed E-state index contributed by atoms with van der Waals surface area (Å²) in [5, 5.41) is 15.8. The first-order valence-corrected chi connectivity index (χ1v) is 13.1. The van der Waals surface area contributed by atoms with Gasteiger partial charge in [-0.1, -0.05) is 79.3 Å². The lowest BCUT2D eigenvalue weighted by molar-refractivity contribution is 0.301. The van der Waals surface area contributed by atoms with Gasteiger partial charge in [-0.15, -0.1) is 10.7 Å². The van der Waals surface area contributed by atoms with Gasteiger partial charge in [0.15, 0.2) is 0 Å². The van der Waals surface area contributed by atoms with Crippen molar-refractivity contribution in [3.05, 3.63) is 54.1 Å². The Bertz CT molecular complexity index is 1050. The molecule has 3 aromatic carbocycles. The molecule has 0 heterocycles. The van der Waals surface area contributed by atoms with Crippen LogP contribution in [0.25, 0.3) is 21.5 Å². The van der Waals surface area contributed by atoms with Crippen molar-refractivity contribution in [3.8, 4) is 11.5 Å². The van der Waals surface area contributed by atoms with Crippen LogP contribution in [0.4, 0.5) is 5.69 Å². The maximum absolute atomic E-state index is 4.69. The summed E-state index contributed by atoms with van der Waals surface area (Å²) in [5.41, 5.74) is 5.39. The molecule has 0 bridgehead atoms. The minimum absolute atomic E-state index is 0.835. The van der Waals surface area contributed by atoms with Gasteiger partial charge in [0.2, 0.25) is 0 Å². The van der Waals surface area contributed by atoms with Crippen LogP contribution in [0.5, 0.6) is 0 Å². The van der Waals surface area contributed by atoms with Gasteiger partial charge in [0.1, 0.15) is 13.8 Å². The number of fused-ring (bicyclic) bond motifs is 3. The molecule has 0 aliphatic heterocycles. The van der Waals surface area contributed by atoms with Gasteiger partial charge in [0.25, 0.3) is 0 Å². The first-order valence-electron chi connectivity index (χ1n) is 9.57. The second kappa shape index (κ2) is 7.94. The summed E-state index contributed by atoms with van der Waals surface area (Å²) in [7, 11) is -1.52. The molecule has 0 unspecified atom stereocenters. The Labute approximate surface area is 163 Å². The number of nitrogens with zero attached hydrogens (tertiary/aromatic N) is 3. The number of benzene rings is 3. The first kappa shape index (κ1) is 19.1. The van der Waals surface area contributed by atoms with Crippen LogP contribution in [0.3, 0.4) is 0 Å². The smallest absolute Gasteiger partial charge is 0.129 e. The molecule has 3 nitrogen and oxygen atoms in total. The second-order valence-corrected chi connectivity index (χ2v) is 12.4. The fourth-order valence-electron chi connectivity index (χ4n) is 3.06. The average Bonchev–Trinajstić information content (AvgIpc) is 2.67. The Kier molecular flexibility index (Phi) is 5.62. The van der Waals surface area contributed by atoms with Crippen LogP contribution in [0.1, 0.15) is 19.4 Å². The zero-order chi connectivity index (χ0) is 19.4. The quantitative estimate of drug-likeness (QED) is 0.167. The van der Waals surface area contributed by atoms with E-state index in [2.05, 4.69) is 98.7 Å². The third kappa shape index (κ3) is 4.20. The lowest BCUT2D eigenvalue weighted by atomic mass is 9.95. The highest BCUT2D eigenvalue weighted by Crippen LogP contribution is 2.38. The summed E-state index contributed by atoms with van der Waals surface area (Å²) in [5.74, 6) is 3.49. The van der Waals surface area contributed by atoms with Crippen molar-refractivity contribution in [2.24, 2.45) is 10.3 Å². The molecule has 27 heavy (non-hydrogen) atoms. The molecule has 0 atom stereocenters. The second-order valence-electron chi connectivity index (χ2n) is 7.64. The van der Waals surface area contributed by atoms with E-state index in [1.54, 1.807) is 0 Å². The van der Waals surface area contributed by atoms with Crippen molar-refractivity contribution in [2.75, 3.05) is 13.1 Å². The van der Waals surface area contributed by atoms with E-state index in [0.717, 1.165) is 35.1 Å². The molecule has 3 aromatic rings. The van der Waals surface area contributed by atoms with Gasteiger partial charge in [0.05, 0.1) is 5.56 Å². The zero-order valence-corrected chi connectivity index (χ0v) is 17.9. The van der Waals surface area contributed by atoms with Crippen molar-refractivity contribution in [1.29, 1.82) is 0 Å². The van der Waals surface area contributed by atoms with E-state index in [4.69, 9.17) is 5.11 Å². The highest BCUT2D eigenvalue weighted by molar-refractivity contribution is 6.83. The molecule has 0 saturated heterocycles.